The van der Waals surface area contributed by atoms with Gasteiger partial charge in [-0.25, -0.2) is 0 Å². The minimum Gasteiger partial charge on any atom is -0.493 e. The van der Waals surface area contributed by atoms with Crippen molar-refractivity contribution in [3.8, 4) is 11.5 Å². The maximum absolute atomic E-state index is 11.1. The first-order chi connectivity index (χ1) is 9.66. The van der Waals surface area contributed by atoms with Crippen LogP contribution in [0.1, 0.15) is 34.6 Å². The second kappa shape index (κ2) is 5.35. The van der Waals surface area contributed by atoms with Gasteiger partial charge in [0.2, 0.25) is 0 Å². The van der Waals surface area contributed by atoms with Crippen molar-refractivity contribution in [3.05, 3.63) is 18.2 Å². The first-order valence-electron chi connectivity index (χ1n) is 6.88. The molecule has 0 radical (unpaired) electrons. The first-order valence-corrected chi connectivity index (χ1v) is 6.88. The molecule has 1 aliphatic heterocycles. The van der Waals surface area contributed by atoms with Crippen molar-refractivity contribution in [1.29, 1.82) is 0 Å². The van der Waals surface area contributed by atoms with E-state index in [2.05, 4.69) is 0 Å². The highest BCUT2D eigenvalue weighted by Crippen LogP contribution is 2.37. The largest absolute Gasteiger partial charge is 0.494 e. The van der Waals surface area contributed by atoms with Crippen molar-refractivity contribution in [2.45, 2.75) is 45.8 Å². The molecule has 2 rings (SSSR count). The molecule has 1 aromatic carbocycles. The molecule has 0 bridgehead atoms. The zero-order valence-electron chi connectivity index (χ0n) is 13.4. The highest BCUT2D eigenvalue weighted by atomic mass is 16.7. The van der Waals surface area contributed by atoms with E-state index in [0.717, 1.165) is 5.46 Å². The van der Waals surface area contributed by atoms with Crippen LogP contribution in [-0.2, 0) is 14.1 Å². The van der Waals surface area contributed by atoms with E-state index in [-0.39, 0.29) is 0 Å². The fourth-order valence-corrected chi connectivity index (χ4v) is 2.05. The third-order valence-electron chi connectivity index (χ3n) is 3.97. The lowest BCUT2D eigenvalue weighted by Gasteiger charge is -2.32. The van der Waals surface area contributed by atoms with Gasteiger partial charge in [-0.1, -0.05) is 6.07 Å². The number of esters is 1. The summed E-state index contributed by atoms with van der Waals surface area (Å²) in [6, 6.07) is 5.25. The minimum absolute atomic E-state index is 0.380. The van der Waals surface area contributed by atoms with Gasteiger partial charge in [-0.15, -0.1) is 0 Å². The number of carbonyl (C=O) groups excluding carboxylic acids is 1. The van der Waals surface area contributed by atoms with E-state index in [1.807, 2.05) is 33.8 Å². The first kappa shape index (κ1) is 15.9. The Labute approximate surface area is 125 Å². The maximum Gasteiger partial charge on any atom is 0.494 e. The van der Waals surface area contributed by atoms with E-state index < -0.39 is 24.3 Å². The normalized spacial score (nSPS) is 19.4. The standard InChI is InChI=1S/C15H21BO5/c1-10(17)19-12-8-7-11(9-13(12)18-6)16-20-14(2,3)15(4,5)21-16/h7-9H,1-6H3. The number of methoxy groups -OCH3 is 1. The quantitative estimate of drug-likeness (QED) is 0.484. The van der Waals surface area contributed by atoms with Gasteiger partial charge in [-0.3, -0.25) is 4.79 Å². The summed E-state index contributed by atoms with van der Waals surface area (Å²) in [4.78, 5) is 11.1. The van der Waals surface area contributed by atoms with Crippen LogP contribution in [0, 0.1) is 0 Å². The van der Waals surface area contributed by atoms with E-state index in [4.69, 9.17) is 18.8 Å². The molecule has 5 nitrogen and oxygen atoms in total. The zero-order valence-corrected chi connectivity index (χ0v) is 13.4. The number of benzene rings is 1. The van der Waals surface area contributed by atoms with Crippen molar-refractivity contribution in [1.82, 2.24) is 0 Å². The van der Waals surface area contributed by atoms with Gasteiger partial charge < -0.3 is 18.8 Å². The molecule has 0 N–H and O–H groups in total. The lowest BCUT2D eigenvalue weighted by Crippen LogP contribution is -2.41. The number of rotatable bonds is 3. The molecule has 6 heteroatoms. The van der Waals surface area contributed by atoms with E-state index in [1.54, 1.807) is 12.1 Å². The second-order valence-corrected chi connectivity index (χ2v) is 6.09. The smallest absolute Gasteiger partial charge is 0.493 e. The molecule has 1 fully saturated rings. The summed E-state index contributed by atoms with van der Waals surface area (Å²) in [5, 5.41) is 0. The van der Waals surface area contributed by atoms with Crippen LogP contribution in [0.15, 0.2) is 18.2 Å². The number of hydrogen-bond donors (Lipinski definition) is 0. The molecule has 1 heterocycles. The third kappa shape index (κ3) is 3.06. The molecule has 0 unspecified atom stereocenters. The van der Waals surface area contributed by atoms with Gasteiger partial charge in [0.15, 0.2) is 11.5 Å². The summed E-state index contributed by atoms with van der Waals surface area (Å²) >= 11 is 0. The summed E-state index contributed by atoms with van der Waals surface area (Å²) < 4.78 is 22.3. The summed E-state index contributed by atoms with van der Waals surface area (Å²) in [7, 11) is 1.05. The molecule has 0 aliphatic carbocycles. The minimum atomic E-state index is -0.477. The summed E-state index contributed by atoms with van der Waals surface area (Å²) in [5.74, 6) is 0.458. The Bertz CT molecular complexity index is 537. The molecule has 1 aliphatic rings. The van der Waals surface area contributed by atoms with Gasteiger partial charge in [0, 0.05) is 6.92 Å². The van der Waals surface area contributed by atoms with Gasteiger partial charge in [0.25, 0.3) is 0 Å². The van der Waals surface area contributed by atoms with Crippen molar-refractivity contribution in [3.63, 3.8) is 0 Å². The molecule has 1 aromatic rings. The lowest BCUT2D eigenvalue weighted by molar-refractivity contribution is -0.132. The molecule has 0 spiro atoms. The Morgan fingerprint density at radius 1 is 1.10 bits per heavy atom. The van der Waals surface area contributed by atoms with Crippen LogP contribution >= 0.6 is 0 Å². The van der Waals surface area contributed by atoms with Crippen LogP contribution in [0.5, 0.6) is 11.5 Å². The Morgan fingerprint density at radius 3 is 2.14 bits per heavy atom. The summed E-state index contributed by atoms with van der Waals surface area (Å²) in [6.07, 6.45) is 0. The Kier molecular flexibility index (Phi) is 4.04. The molecular weight excluding hydrogens is 271 g/mol. The molecular formula is C15H21BO5. The van der Waals surface area contributed by atoms with E-state index in [0.29, 0.717) is 11.5 Å². The predicted octanol–water partition coefficient (Wildman–Crippen LogP) is 1.92. The van der Waals surface area contributed by atoms with Crippen LogP contribution in [-0.4, -0.2) is 31.4 Å². The number of carbonyl (C=O) groups is 1. The number of ether oxygens (including phenoxy) is 2. The molecule has 0 saturated carbocycles. The van der Waals surface area contributed by atoms with Crippen LogP contribution in [0.3, 0.4) is 0 Å². The average molecular weight is 292 g/mol. The SMILES string of the molecule is COc1cc(B2OC(C)(C)C(C)(C)O2)ccc1OC(C)=O. The van der Waals surface area contributed by atoms with E-state index >= 15 is 0 Å². The maximum atomic E-state index is 11.1. The molecule has 0 aromatic heterocycles. The fourth-order valence-electron chi connectivity index (χ4n) is 2.05. The monoisotopic (exact) mass is 292 g/mol. The average Bonchev–Trinajstić information content (AvgIpc) is 2.58. The molecule has 21 heavy (non-hydrogen) atoms. The van der Waals surface area contributed by atoms with Crippen LogP contribution in [0.25, 0.3) is 0 Å². The molecule has 114 valence electrons. The van der Waals surface area contributed by atoms with Gasteiger partial charge in [-0.05, 0) is 45.3 Å². The van der Waals surface area contributed by atoms with Crippen LogP contribution in [0.2, 0.25) is 0 Å². The third-order valence-corrected chi connectivity index (χ3v) is 3.97. The summed E-state index contributed by atoms with van der Waals surface area (Å²) in [6.45, 7) is 9.34. The Hall–Kier alpha value is -1.53. The second-order valence-electron chi connectivity index (χ2n) is 6.09. The topological polar surface area (TPSA) is 54.0 Å². The van der Waals surface area contributed by atoms with E-state index in [9.17, 15) is 4.79 Å². The number of hydrogen-bond acceptors (Lipinski definition) is 5. The van der Waals surface area contributed by atoms with Crippen LogP contribution < -0.4 is 14.9 Å². The van der Waals surface area contributed by atoms with Crippen molar-refractivity contribution < 1.29 is 23.6 Å². The summed E-state index contributed by atoms with van der Waals surface area (Å²) in [5.41, 5.74) is 0.0141. The zero-order chi connectivity index (χ0) is 15.8. The molecule has 1 saturated heterocycles. The predicted molar refractivity (Wildman–Crippen MR) is 80.0 cm³/mol. The van der Waals surface area contributed by atoms with Gasteiger partial charge in [0.1, 0.15) is 0 Å². The van der Waals surface area contributed by atoms with Gasteiger partial charge in [-0.2, -0.15) is 0 Å². The van der Waals surface area contributed by atoms with Gasteiger partial charge >= 0.3 is 13.1 Å². The highest BCUT2D eigenvalue weighted by molar-refractivity contribution is 6.62. The molecule has 0 atom stereocenters. The Balaban J connectivity index is 2.28. The lowest BCUT2D eigenvalue weighted by atomic mass is 9.79. The van der Waals surface area contributed by atoms with Crippen molar-refractivity contribution in [2.75, 3.05) is 7.11 Å². The fraction of sp³-hybridized carbons (Fsp3) is 0.533. The van der Waals surface area contributed by atoms with Crippen LogP contribution in [0.4, 0.5) is 0 Å². The van der Waals surface area contributed by atoms with E-state index in [1.165, 1.54) is 14.0 Å². The van der Waals surface area contributed by atoms with Gasteiger partial charge in [0.05, 0.1) is 18.3 Å². The van der Waals surface area contributed by atoms with Crippen molar-refractivity contribution >= 4 is 18.6 Å². The van der Waals surface area contributed by atoms with Crippen molar-refractivity contribution in [2.24, 2.45) is 0 Å². The Morgan fingerprint density at radius 2 is 1.67 bits per heavy atom. The molecule has 0 amide bonds. The highest BCUT2D eigenvalue weighted by Gasteiger charge is 2.51.